The van der Waals surface area contributed by atoms with Crippen LogP contribution < -0.4 is 5.01 Å². The highest BCUT2D eigenvalue weighted by Crippen LogP contribution is 2.29. The zero-order valence-electron chi connectivity index (χ0n) is 16.1. The number of rotatable bonds is 7. The van der Waals surface area contributed by atoms with E-state index in [4.69, 9.17) is 10.00 Å². The Hall–Kier alpha value is -3.83. The first-order valence-electron chi connectivity index (χ1n) is 9.02. The number of nitriles is 1. The molecule has 1 aliphatic heterocycles. The maximum atomic E-state index is 13.2. The first-order chi connectivity index (χ1) is 14.4. The van der Waals surface area contributed by atoms with Crippen molar-refractivity contribution in [2.75, 3.05) is 18.7 Å². The van der Waals surface area contributed by atoms with Gasteiger partial charge >= 0.3 is 5.97 Å². The number of carbonyl (C=O) groups excluding carboxylic acids is 1. The topological polar surface area (TPSA) is 103 Å². The SMILES string of the molecule is COCC1=NN(c2ccc(F)cc2)C(=O)C1C/C(=C/c1ccc(C#N)cc1)C(=O)O. The Morgan fingerprint density at radius 2 is 1.93 bits per heavy atom. The molecule has 0 aromatic heterocycles. The molecule has 7 nitrogen and oxygen atoms in total. The number of halogens is 1. The third-order valence-electron chi connectivity index (χ3n) is 4.58. The lowest BCUT2D eigenvalue weighted by Crippen LogP contribution is -2.29. The monoisotopic (exact) mass is 407 g/mol. The lowest BCUT2D eigenvalue weighted by atomic mass is 9.93. The van der Waals surface area contributed by atoms with E-state index in [1.54, 1.807) is 24.3 Å². The Bertz CT molecular complexity index is 1050. The number of carbonyl (C=O) groups is 2. The molecule has 2 aromatic rings. The number of hydrogen-bond acceptors (Lipinski definition) is 5. The third kappa shape index (κ3) is 4.59. The van der Waals surface area contributed by atoms with Gasteiger partial charge in [0.05, 0.1) is 35.6 Å². The minimum absolute atomic E-state index is 0.0165. The molecule has 8 heteroatoms. The van der Waals surface area contributed by atoms with E-state index in [1.165, 1.54) is 37.5 Å². The van der Waals surface area contributed by atoms with Gasteiger partial charge in [0.1, 0.15) is 5.82 Å². The second kappa shape index (κ2) is 9.11. The molecule has 0 saturated heterocycles. The number of anilines is 1. The van der Waals surface area contributed by atoms with E-state index in [2.05, 4.69) is 5.10 Å². The van der Waals surface area contributed by atoms with Gasteiger partial charge in [-0.3, -0.25) is 4.79 Å². The van der Waals surface area contributed by atoms with Gasteiger partial charge in [-0.25, -0.2) is 14.2 Å². The Labute approximate surface area is 172 Å². The second-order valence-corrected chi connectivity index (χ2v) is 6.62. The van der Waals surface area contributed by atoms with Crippen LogP contribution in [-0.4, -0.2) is 36.4 Å². The largest absolute Gasteiger partial charge is 0.478 e. The van der Waals surface area contributed by atoms with E-state index in [0.29, 0.717) is 22.5 Å². The summed E-state index contributed by atoms with van der Waals surface area (Å²) in [7, 11) is 1.45. The highest BCUT2D eigenvalue weighted by Gasteiger charge is 2.37. The molecule has 1 amide bonds. The van der Waals surface area contributed by atoms with Crippen LogP contribution in [0.5, 0.6) is 0 Å². The molecule has 0 radical (unpaired) electrons. The van der Waals surface area contributed by atoms with Gasteiger partial charge in [-0.05, 0) is 54.5 Å². The van der Waals surface area contributed by atoms with Crippen molar-refractivity contribution >= 4 is 29.4 Å². The quantitative estimate of drug-likeness (QED) is 0.710. The normalized spacial score (nSPS) is 16.4. The van der Waals surface area contributed by atoms with Crippen LogP contribution in [0.25, 0.3) is 6.08 Å². The predicted octanol–water partition coefficient (Wildman–Crippen LogP) is 3.22. The summed E-state index contributed by atoms with van der Waals surface area (Å²) in [6.45, 7) is 0.0534. The molecule has 30 heavy (non-hydrogen) atoms. The predicted molar refractivity (Wildman–Crippen MR) is 108 cm³/mol. The van der Waals surface area contributed by atoms with Crippen molar-refractivity contribution < 1.29 is 23.8 Å². The van der Waals surface area contributed by atoms with Crippen LogP contribution in [0.3, 0.4) is 0 Å². The van der Waals surface area contributed by atoms with Crippen molar-refractivity contribution in [3.8, 4) is 6.07 Å². The number of aliphatic carboxylic acids is 1. The average molecular weight is 407 g/mol. The number of carboxylic acids is 1. The second-order valence-electron chi connectivity index (χ2n) is 6.62. The third-order valence-corrected chi connectivity index (χ3v) is 4.58. The standard InChI is InChI=1S/C22H18FN3O4/c1-30-13-20-19(21(27)26(25-20)18-8-6-17(23)7-9-18)11-16(22(28)29)10-14-2-4-15(12-24)5-3-14/h2-10,19H,11,13H2,1H3,(H,28,29)/b16-10-. The summed E-state index contributed by atoms with van der Waals surface area (Å²) in [5.74, 6) is -2.85. The van der Waals surface area contributed by atoms with Crippen LogP contribution in [-0.2, 0) is 14.3 Å². The number of carboxylic acid groups (broad SMARTS) is 1. The van der Waals surface area contributed by atoms with E-state index >= 15 is 0 Å². The highest BCUT2D eigenvalue weighted by molar-refractivity contribution is 6.16. The van der Waals surface area contributed by atoms with Crippen LogP contribution in [0.1, 0.15) is 17.5 Å². The van der Waals surface area contributed by atoms with Gasteiger partial charge in [0.25, 0.3) is 5.91 Å². The summed E-state index contributed by atoms with van der Waals surface area (Å²) in [6.07, 6.45) is 1.37. The van der Waals surface area contributed by atoms with Gasteiger partial charge in [0, 0.05) is 12.7 Å². The minimum atomic E-state index is -1.16. The zero-order chi connectivity index (χ0) is 21.7. The molecule has 0 spiro atoms. The van der Waals surface area contributed by atoms with Crippen molar-refractivity contribution in [2.24, 2.45) is 11.0 Å². The van der Waals surface area contributed by atoms with Crippen molar-refractivity contribution in [1.82, 2.24) is 0 Å². The molecule has 2 aromatic carbocycles. The maximum Gasteiger partial charge on any atom is 0.331 e. The lowest BCUT2D eigenvalue weighted by molar-refractivity contribution is -0.132. The van der Waals surface area contributed by atoms with E-state index < -0.39 is 23.6 Å². The molecule has 0 saturated carbocycles. The van der Waals surface area contributed by atoms with Crippen LogP contribution >= 0.6 is 0 Å². The number of benzene rings is 2. The van der Waals surface area contributed by atoms with Gasteiger partial charge in [-0.15, -0.1) is 0 Å². The van der Waals surface area contributed by atoms with Gasteiger partial charge < -0.3 is 9.84 Å². The first kappa shape index (κ1) is 20.9. The minimum Gasteiger partial charge on any atom is -0.478 e. The number of nitrogens with zero attached hydrogens (tertiary/aromatic N) is 3. The molecule has 1 heterocycles. The van der Waals surface area contributed by atoms with Gasteiger partial charge in [-0.2, -0.15) is 10.4 Å². The fourth-order valence-electron chi connectivity index (χ4n) is 3.07. The van der Waals surface area contributed by atoms with Gasteiger partial charge in [-0.1, -0.05) is 12.1 Å². The zero-order valence-corrected chi connectivity index (χ0v) is 16.1. The van der Waals surface area contributed by atoms with E-state index in [9.17, 15) is 19.1 Å². The smallest absolute Gasteiger partial charge is 0.331 e. The molecular weight excluding hydrogens is 389 g/mol. The molecule has 0 bridgehead atoms. The molecule has 1 unspecified atom stereocenters. The number of amides is 1. The molecule has 152 valence electrons. The number of methoxy groups -OCH3 is 1. The summed E-state index contributed by atoms with van der Waals surface area (Å²) in [6, 6.07) is 13.7. The molecular formula is C22H18FN3O4. The summed E-state index contributed by atoms with van der Waals surface area (Å²) < 4.78 is 18.3. The highest BCUT2D eigenvalue weighted by atomic mass is 19.1. The van der Waals surface area contributed by atoms with Crippen LogP contribution in [0.2, 0.25) is 0 Å². The van der Waals surface area contributed by atoms with E-state index in [-0.39, 0.29) is 18.6 Å². The summed E-state index contributed by atoms with van der Waals surface area (Å²) in [4.78, 5) is 24.8. The number of hydrazone groups is 1. The van der Waals surface area contributed by atoms with Gasteiger partial charge in [0.2, 0.25) is 0 Å². The van der Waals surface area contributed by atoms with Crippen LogP contribution in [0.4, 0.5) is 10.1 Å². The summed E-state index contributed by atoms with van der Waals surface area (Å²) in [5, 5.41) is 24.0. The molecule has 1 aliphatic rings. The fourth-order valence-corrected chi connectivity index (χ4v) is 3.07. The molecule has 0 aliphatic carbocycles. The summed E-state index contributed by atoms with van der Waals surface area (Å²) in [5.41, 5.74) is 1.84. The molecule has 1 atom stereocenters. The molecule has 1 N–H and O–H groups in total. The molecule has 3 rings (SSSR count). The maximum absolute atomic E-state index is 13.2. The van der Waals surface area contributed by atoms with Crippen molar-refractivity contribution in [3.63, 3.8) is 0 Å². The fraction of sp³-hybridized carbons (Fsp3) is 0.182. The van der Waals surface area contributed by atoms with E-state index in [0.717, 1.165) is 5.01 Å². The number of ether oxygens (including phenoxy) is 1. The van der Waals surface area contributed by atoms with Crippen molar-refractivity contribution in [2.45, 2.75) is 6.42 Å². The Kier molecular flexibility index (Phi) is 6.35. The lowest BCUT2D eigenvalue weighted by Gasteiger charge is -2.15. The van der Waals surface area contributed by atoms with E-state index in [1.807, 2.05) is 6.07 Å². The number of hydrogen-bond donors (Lipinski definition) is 1. The van der Waals surface area contributed by atoms with Crippen LogP contribution in [0.15, 0.2) is 59.2 Å². The summed E-state index contributed by atoms with van der Waals surface area (Å²) >= 11 is 0. The van der Waals surface area contributed by atoms with Crippen molar-refractivity contribution in [1.29, 1.82) is 5.26 Å². The Morgan fingerprint density at radius 3 is 2.50 bits per heavy atom. The molecule has 0 fully saturated rings. The first-order valence-corrected chi connectivity index (χ1v) is 9.02. The Morgan fingerprint density at radius 1 is 1.27 bits per heavy atom. The average Bonchev–Trinajstić information content (AvgIpc) is 3.04. The van der Waals surface area contributed by atoms with Crippen molar-refractivity contribution in [3.05, 3.63) is 71.0 Å². The van der Waals surface area contributed by atoms with Crippen LogP contribution in [0, 0.1) is 23.1 Å². The van der Waals surface area contributed by atoms with Gasteiger partial charge in [0.15, 0.2) is 0 Å². The Balaban J connectivity index is 1.89.